The summed E-state index contributed by atoms with van der Waals surface area (Å²) in [6.45, 7) is 4.44. The molecule has 0 aliphatic carbocycles. The average Bonchev–Trinajstić information content (AvgIpc) is 2.28. The maximum absolute atomic E-state index is 9.08. The SMILES string of the molecule is C[N+](CCO)(CCO)CC[N+](C)(CCO)CCO. The number of aliphatic hydroxyl groups excluding tert-OH is 4. The van der Waals surface area contributed by atoms with Crippen LogP contribution >= 0.6 is 0 Å². The van der Waals surface area contributed by atoms with Gasteiger partial charge in [-0.05, 0) is 0 Å². The zero-order valence-corrected chi connectivity index (χ0v) is 11.8. The van der Waals surface area contributed by atoms with Crippen molar-refractivity contribution in [3.05, 3.63) is 0 Å². The van der Waals surface area contributed by atoms with Gasteiger partial charge in [-0.15, -0.1) is 0 Å². The molecule has 0 rings (SSSR count). The summed E-state index contributed by atoms with van der Waals surface area (Å²) >= 11 is 0. The molecule has 0 aliphatic rings. The van der Waals surface area contributed by atoms with Crippen molar-refractivity contribution < 1.29 is 29.4 Å². The lowest BCUT2D eigenvalue weighted by molar-refractivity contribution is -0.964. The fraction of sp³-hybridized carbons (Fsp3) is 1.00. The Morgan fingerprint density at radius 2 is 0.722 bits per heavy atom. The minimum absolute atomic E-state index is 0.0974. The van der Waals surface area contributed by atoms with Crippen LogP contribution in [-0.2, 0) is 0 Å². The largest absolute Gasteiger partial charge is 0.391 e. The molecule has 0 unspecified atom stereocenters. The van der Waals surface area contributed by atoms with Crippen LogP contribution in [0.25, 0.3) is 0 Å². The maximum atomic E-state index is 9.08. The third kappa shape index (κ3) is 6.63. The molecule has 0 amide bonds. The molecule has 0 aromatic rings. The molecular weight excluding hydrogens is 236 g/mol. The lowest BCUT2D eigenvalue weighted by Crippen LogP contribution is -2.57. The van der Waals surface area contributed by atoms with E-state index in [1.54, 1.807) is 0 Å². The van der Waals surface area contributed by atoms with Crippen molar-refractivity contribution >= 4 is 0 Å². The molecule has 110 valence electrons. The minimum Gasteiger partial charge on any atom is -0.391 e. The van der Waals surface area contributed by atoms with Gasteiger partial charge in [0.25, 0.3) is 0 Å². The minimum atomic E-state index is 0.0974. The lowest BCUT2D eigenvalue weighted by atomic mass is 10.3. The van der Waals surface area contributed by atoms with Crippen molar-refractivity contribution in [1.29, 1.82) is 0 Å². The number of likely N-dealkylation sites (N-methyl/N-ethyl adjacent to an activating group) is 2. The third-order valence-electron chi connectivity index (χ3n) is 3.74. The van der Waals surface area contributed by atoms with E-state index in [0.717, 1.165) is 13.1 Å². The van der Waals surface area contributed by atoms with Crippen molar-refractivity contribution in [1.82, 2.24) is 0 Å². The molecule has 0 bridgehead atoms. The van der Waals surface area contributed by atoms with Crippen LogP contribution in [0.1, 0.15) is 0 Å². The highest BCUT2D eigenvalue weighted by Crippen LogP contribution is 2.07. The Hall–Kier alpha value is -0.240. The molecule has 0 atom stereocenters. The van der Waals surface area contributed by atoms with E-state index in [1.165, 1.54) is 0 Å². The van der Waals surface area contributed by atoms with Crippen molar-refractivity contribution in [2.75, 3.05) is 79.8 Å². The first kappa shape index (κ1) is 17.8. The van der Waals surface area contributed by atoms with Crippen molar-refractivity contribution in [3.8, 4) is 0 Å². The first-order valence-electron chi connectivity index (χ1n) is 6.56. The zero-order valence-electron chi connectivity index (χ0n) is 11.8. The van der Waals surface area contributed by atoms with Crippen LogP contribution in [0.5, 0.6) is 0 Å². The summed E-state index contributed by atoms with van der Waals surface area (Å²) in [6, 6.07) is 0. The Labute approximate surface area is 110 Å². The third-order valence-corrected chi connectivity index (χ3v) is 3.74. The van der Waals surface area contributed by atoms with Gasteiger partial charge in [-0.1, -0.05) is 0 Å². The summed E-state index contributed by atoms with van der Waals surface area (Å²) in [5, 5.41) is 36.3. The molecule has 0 aromatic heterocycles. The molecular formula is C12H30N2O4+2. The quantitative estimate of drug-likeness (QED) is 0.321. The molecule has 0 saturated heterocycles. The monoisotopic (exact) mass is 266 g/mol. The normalized spacial score (nSPS) is 13.0. The fourth-order valence-corrected chi connectivity index (χ4v) is 2.12. The van der Waals surface area contributed by atoms with Gasteiger partial charge >= 0.3 is 0 Å². The van der Waals surface area contributed by atoms with Gasteiger partial charge in [0.2, 0.25) is 0 Å². The van der Waals surface area contributed by atoms with Gasteiger partial charge in [0.1, 0.15) is 39.3 Å². The number of rotatable bonds is 11. The number of hydrogen-bond acceptors (Lipinski definition) is 4. The number of hydrogen-bond donors (Lipinski definition) is 4. The Balaban J connectivity index is 4.44. The fourth-order valence-electron chi connectivity index (χ4n) is 2.12. The van der Waals surface area contributed by atoms with Crippen molar-refractivity contribution in [3.63, 3.8) is 0 Å². The number of aliphatic hydroxyl groups is 4. The maximum Gasteiger partial charge on any atom is 0.128 e. The van der Waals surface area contributed by atoms with Crippen molar-refractivity contribution in [2.24, 2.45) is 0 Å². The van der Waals surface area contributed by atoms with Crippen LogP contribution in [-0.4, -0.2) is 109 Å². The predicted molar refractivity (Wildman–Crippen MR) is 69.9 cm³/mol. The van der Waals surface area contributed by atoms with Crippen LogP contribution in [0.4, 0.5) is 0 Å². The summed E-state index contributed by atoms with van der Waals surface area (Å²) in [6.07, 6.45) is 0. The molecule has 4 N–H and O–H groups in total. The first-order valence-corrected chi connectivity index (χ1v) is 6.56. The van der Waals surface area contributed by atoms with E-state index in [4.69, 9.17) is 20.4 Å². The van der Waals surface area contributed by atoms with Gasteiger partial charge < -0.3 is 29.4 Å². The van der Waals surface area contributed by atoms with E-state index in [9.17, 15) is 0 Å². The van der Waals surface area contributed by atoms with Crippen LogP contribution in [0.2, 0.25) is 0 Å². The highest BCUT2D eigenvalue weighted by Gasteiger charge is 2.27. The molecule has 0 radical (unpaired) electrons. The standard InChI is InChI=1S/C12H30N2O4/c1-13(5-9-15,6-10-16)3-4-14(2,7-11-17)8-12-18/h15-18H,3-12H2,1-2H3/q+2. The van der Waals surface area contributed by atoms with Crippen molar-refractivity contribution in [2.45, 2.75) is 0 Å². The van der Waals surface area contributed by atoms with Gasteiger partial charge in [0.15, 0.2) is 0 Å². The lowest BCUT2D eigenvalue weighted by Gasteiger charge is -2.39. The second-order valence-electron chi connectivity index (χ2n) is 5.48. The van der Waals surface area contributed by atoms with E-state index in [-0.39, 0.29) is 26.4 Å². The Morgan fingerprint density at radius 1 is 0.500 bits per heavy atom. The van der Waals surface area contributed by atoms with Crippen LogP contribution in [0, 0.1) is 0 Å². The van der Waals surface area contributed by atoms with E-state index >= 15 is 0 Å². The van der Waals surface area contributed by atoms with Crippen LogP contribution in [0.3, 0.4) is 0 Å². The van der Waals surface area contributed by atoms with E-state index in [2.05, 4.69) is 0 Å². The van der Waals surface area contributed by atoms with Crippen LogP contribution < -0.4 is 0 Å². The second-order valence-corrected chi connectivity index (χ2v) is 5.48. The van der Waals surface area contributed by atoms with Gasteiger partial charge in [-0.2, -0.15) is 0 Å². The molecule has 0 fully saturated rings. The molecule has 0 spiro atoms. The number of nitrogens with zero attached hydrogens (tertiary/aromatic N) is 2. The summed E-state index contributed by atoms with van der Waals surface area (Å²) in [5.41, 5.74) is 0. The zero-order chi connectivity index (χ0) is 14.1. The van der Waals surface area contributed by atoms with E-state index in [0.29, 0.717) is 35.1 Å². The highest BCUT2D eigenvalue weighted by atomic mass is 16.3. The summed E-state index contributed by atoms with van der Waals surface area (Å²) in [7, 11) is 4.02. The van der Waals surface area contributed by atoms with E-state index < -0.39 is 0 Å². The first-order chi connectivity index (χ1) is 8.45. The van der Waals surface area contributed by atoms with Gasteiger partial charge in [-0.25, -0.2) is 0 Å². The Morgan fingerprint density at radius 3 is 0.889 bits per heavy atom. The molecule has 6 nitrogen and oxygen atoms in total. The Kier molecular flexibility index (Phi) is 8.67. The summed E-state index contributed by atoms with van der Waals surface area (Å²) in [4.78, 5) is 0. The average molecular weight is 266 g/mol. The molecule has 0 aliphatic heterocycles. The molecule has 0 aromatic carbocycles. The smallest absolute Gasteiger partial charge is 0.128 e. The van der Waals surface area contributed by atoms with Gasteiger partial charge in [0.05, 0.1) is 40.5 Å². The van der Waals surface area contributed by atoms with E-state index in [1.807, 2.05) is 14.1 Å². The van der Waals surface area contributed by atoms with Gasteiger partial charge in [0, 0.05) is 0 Å². The number of quaternary nitrogens is 2. The van der Waals surface area contributed by atoms with Crippen LogP contribution in [0.15, 0.2) is 0 Å². The van der Waals surface area contributed by atoms with Gasteiger partial charge in [-0.3, -0.25) is 0 Å². The Bertz CT molecular complexity index is 180. The second kappa shape index (κ2) is 8.79. The summed E-state index contributed by atoms with van der Waals surface area (Å²) in [5.74, 6) is 0. The molecule has 6 heteroatoms. The molecule has 18 heavy (non-hydrogen) atoms. The summed E-state index contributed by atoms with van der Waals surface area (Å²) < 4.78 is 1.22. The topological polar surface area (TPSA) is 80.9 Å². The molecule has 0 heterocycles. The highest BCUT2D eigenvalue weighted by molar-refractivity contribution is 4.44. The molecule has 0 saturated carbocycles. The predicted octanol–water partition coefficient (Wildman–Crippen LogP) is -2.15.